The van der Waals surface area contributed by atoms with Crippen LogP contribution in [-0.4, -0.2) is 15.7 Å². The van der Waals surface area contributed by atoms with Crippen LogP contribution in [-0.2, 0) is 11.2 Å². The van der Waals surface area contributed by atoms with Crippen molar-refractivity contribution in [1.82, 2.24) is 9.78 Å². The molecule has 1 heterocycles. The van der Waals surface area contributed by atoms with Crippen molar-refractivity contribution in [2.75, 3.05) is 5.32 Å². The molecule has 4 nitrogen and oxygen atoms in total. The first-order valence-electron chi connectivity index (χ1n) is 7.18. The number of amides is 1. The normalized spacial score (nSPS) is 12.1. The zero-order valence-electron chi connectivity index (χ0n) is 12.3. The summed E-state index contributed by atoms with van der Waals surface area (Å²) >= 11 is 0. The Kier molecular flexibility index (Phi) is 5.09. The molecule has 1 unspecified atom stereocenters. The number of hydrogen-bond donors (Lipinski definition) is 1. The van der Waals surface area contributed by atoms with Crippen molar-refractivity contribution in [1.29, 1.82) is 0 Å². The highest BCUT2D eigenvalue weighted by atomic mass is 19.1. The van der Waals surface area contributed by atoms with E-state index in [0.29, 0.717) is 18.7 Å². The number of benzene rings is 1. The van der Waals surface area contributed by atoms with Crippen LogP contribution in [0.2, 0.25) is 0 Å². The molecular weight excluding hydrogens is 269 g/mol. The SMILES string of the molecule is CCC(C)n1nccc1NC(=O)CCc1ccc(F)cc1. The van der Waals surface area contributed by atoms with Gasteiger partial charge in [0.2, 0.25) is 5.91 Å². The fourth-order valence-corrected chi connectivity index (χ4v) is 2.05. The van der Waals surface area contributed by atoms with Crippen LogP contribution < -0.4 is 5.32 Å². The number of anilines is 1. The fraction of sp³-hybridized carbons (Fsp3) is 0.375. The molecule has 1 aromatic heterocycles. The minimum atomic E-state index is -0.263. The molecule has 0 fully saturated rings. The van der Waals surface area contributed by atoms with E-state index >= 15 is 0 Å². The summed E-state index contributed by atoms with van der Waals surface area (Å²) < 4.78 is 14.6. The lowest BCUT2D eigenvalue weighted by molar-refractivity contribution is -0.116. The minimum absolute atomic E-state index is 0.0654. The van der Waals surface area contributed by atoms with E-state index in [1.807, 2.05) is 4.68 Å². The maximum absolute atomic E-state index is 12.8. The molecule has 0 radical (unpaired) electrons. The Bertz CT molecular complexity index is 592. The zero-order chi connectivity index (χ0) is 15.2. The lowest BCUT2D eigenvalue weighted by atomic mass is 10.1. The molecule has 2 rings (SSSR count). The lowest BCUT2D eigenvalue weighted by Crippen LogP contribution is -2.17. The van der Waals surface area contributed by atoms with Gasteiger partial charge in [-0.2, -0.15) is 5.10 Å². The molecule has 1 aromatic carbocycles. The fourth-order valence-electron chi connectivity index (χ4n) is 2.05. The Morgan fingerprint density at radius 1 is 1.33 bits per heavy atom. The van der Waals surface area contributed by atoms with Gasteiger partial charge in [-0.3, -0.25) is 4.79 Å². The number of halogens is 1. The summed E-state index contributed by atoms with van der Waals surface area (Å²) in [5, 5.41) is 7.10. The Labute approximate surface area is 124 Å². The van der Waals surface area contributed by atoms with Crippen molar-refractivity contribution in [2.24, 2.45) is 0 Å². The van der Waals surface area contributed by atoms with Crippen LogP contribution in [0.1, 0.15) is 38.3 Å². The maximum atomic E-state index is 12.8. The topological polar surface area (TPSA) is 46.9 Å². The van der Waals surface area contributed by atoms with Crippen LogP contribution in [0.15, 0.2) is 36.5 Å². The third-order valence-electron chi connectivity index (χ3n) is 3.50. The van der Waals surface area contributed by atoms with Crippen molar-refractivity contribution in [3.05, 3.63) is 47.9 Å². The molecule has 112 valence electrons. The van der Waals surface area contributed by atoms with Gasteiger partial charge in [-0.25, -0.2) is 9.07 Å². The number of carbonyl (C=O) groups is 1. The van der Waals surface area contributed by atoms with Crippen LogP contribution in [0.25, 0.3) is 0 Å². The summed E-state index contributed by atoms with van der Waals surface area (Å²) in [5.74, 6) is 0.387. The van der Waals surface area contributed by atoms with Gasteiger partial charge in [-0.1, -0.05) is 19.1 Å². The highest BCUT2D eigenvalue weighted by Gasteiger charge is 2.11. The van der Waals surface area contributed by atoms with Crippen LogP contribution in [0, 0.1) is 5.82 Å². The quantitative estimate of drug-likeness (QED) is 0.883. The summed E-state index contributed by atoms with van der Waals surface area (Å²) in [6.45, 7) is 4.13. The van der Waals surface area contributed by atoms with Crippen molar-refractivity contribution in [3.63, 3.8) is 0 Å². The molecule has 0 aliphatic rings. The third kappa shape index (κ3) is 4.15. The number of nitrogens with one attached hydrogen (secondary N) is 1. The molecular formula is C16H20FN3O. The van der Waals surface area contributed by atoms with Crippen molar-refractivity contribution in [3.8, 4) is 0 Å². The van der Waals surface area contributed by atoms with Crippen molar-refractivity contribution < 1.29 is 9.18 Å². The second-order valence-electron chi connectivity index (χ2n) is 5.09. The van der Waals surface area contributed by atoms with E-state index in [-0.39, 0.29) is 17.8 Å². The van der Waals surface area contributed by atoms with Gasteiger partial charge in [-0.15, -0.1) is 0 Å². The first-order valence-corrected chi connectivity index (χ1v) is 7.18. The van der Waals surface area contributed by atoms with Gasteiger partial charge in [0.1, 0.15) is 11.6 Å². The third-order valence-corrected chi connectivity index (χ3v) is 3.50. The molecule has 21 heavy (non-hydrogen) atoms. The predicted molar refractivity (Wildman–Crippen MR) is 80.6 cm³/mol. The second kappa shape index (κ2) is 7.02. The highest BCUT2D eigenvalue weighted by molar-refractivity contribution is 5.89. The van der Waals surface area contributed by atoms with E-state index in [4.69, 9.17) is 0 Å². The van der Waals surface area contributed by atoms with Crippen LogP contribution >= 0.6 is 0 Å². The van der Waals surface area contributed by atoms with Gasteiger partial charge in [0.05, 0.1) is 12.2 Å². The first kappa shape index (κ1) is 15.2. The molecule has 0 bridgehead atoms. The average Bonchev–Trinajstić information content (AvgIpc) is 2.94. The Hall–Kier alpha value is -2.17. The molecule has 5 heteroatoms. The van der Waals surface area contributed by atoms with Crippen LogP contribution in [0.4, 0.5) is 10.2 Å². The monoisotopic (exact) mass is 289 g/mol. The van der Waals surface area contributed by atoms with Crippen molar-refractivity contribution in [2.45, 2.75) is 39.2 Å². The van der Waals surface area contributed by atoms with Gasteiger partial charge >= 0.3 is 0 Å². The number of aromatic nitrogens is 2. The molecule has 1 amide bonds. The average molecular weight is 289 g/mol. The number of aryl methyl sites for hydroxylation is 1. The maximum Gasteiger partial charge on any atom is 0.225 e. The van der Waals surface area contributed by atoms with Crippen LogP contribution in [0.3, 0.4) is 0 Å². The van der Waals surface area contributed by atoms with Gasteiger partial charge in [0.15, 0.2) is 0 Å². The van der Waals surface area contributed by atoms with Gasteiger partial charge in [0.25, 0.3) is 0 Å². The van der Waals surface area contributed by atoms with E-state index < -0.39 is 0 Å². The first-order chi connectivity index (χ1) is 10.1. The Morgan fingerprint density at radius 3 is 2.71 bits per heavy atom. The number of hydrogen-bond acceptors (Lipinski definition) is 2. The second-order valence-corrected chi connectivity index (χ2v) is 5.09. The number of carbonyl (C=O) groups excluding carboxylic acids is 1. The van der Waals surface area contributed by atoms with Crippen molar-refractivity contribution >= 4 is 11.7 Å². The predicted octanol–water partition coefficient (Wildman–Crippen LogP) is 3.56. The molecule has 2 aromatic rings. The molecule has 0 aliphatic carbocycles. The van der Waals surface area contributed by atoms with Gasteiger partial charge < -0.3 is 5.32 Å². The van der Waals surface area contributed by atoms with E-state index in [1.165, 1.54) is 12.1 Å². The summed E-state index contributed by atoms with van der Waals surface area (Å²) in [6, 6.07) is 8.25. The molecule has 0 saturated carbocycles. The van der Waals surface area contributed by atoms with Crippen LogP contribution in [0.5, 0.6) is 0 Å². The lowest BCUT2D eigenvalue weighted by Gasteiger charge is -2.14. The largest absolute Gasteiger partial charge is 0.311 e. The highest BCUT2D eigenvalue weighted by Crippen LogP contribution is 2.16. The van der Waals surface area contributed by atoms with Gasteiger partial charge in [-0.05, 0) is 37.5 Å². The van der Waals surface area contributed by atoms with E-state index in [9.17, 15) is 9.18 Å². The zero-order valence-corrected chi connectivity index (χ0v) is 12.3. The van der Waals surface area contributed by atoms with E-state index in [2.05, 4.69) is 24.3 Å². The summed E-state index contributed by atoms with van der Waals surface area (Å²) in [5.41, 5.74) is 0.946. The summed E-state index contributed by atoms with van der Waals surface area (Å²) in [7, 11) is 0. The molecule has 1 atom stereocenters. The molecule has 1 N–H and O–H groups in total. The van der Waals surface area contributed by atoms with Gasteiger partial charge in [0, 0.05) is 12.5 Å². The Balaban J connectivity index is 1.90. The smallest absolute Gasteiger partial charge is 0.225 e. The molecule has 0 aliphatic heterocycles. The van der Waals surface area contributed by atoms with E-state index in [0.717, 1.165) is 12.0 Å². The number of nitrogens with zero attached hydrogens (tertiary/aromatic N) is 2. The molecule has 0 spiro atoms. The standard InChI is InChI=1S/C16H20FN3O/c1-3-12(2)20-15(10-11-18-20)19-16(21)9-6-13-4-7-14(17)8-5-13/h4-5,7-8,10-12H,3,6,9H2,1-2H3,(H,19,21). The number of rotatable bonds is 6. The summed E-state index contributed by atoms with van der Waals surface area (Å²) in [6.07, 6.45) is 3.57. The minimum Gasteiger partial charge on any atom is -0.311 e. The molecule has 0 saturated heterocycles. The summed E-state index contributed by atoms with van der Waals surface area (Å²) in [4.78, 5) is 12.0. The van der Waals surface area contributed by atoms with E-state index in [1.54, 1.807) is 24.4 Å². The Morgan fingerprint density at radius 2 is 2.05 bits per heavy atom.